The van der Waals surface area contributed by atoms with Crippen LogP contribution in [-0.4, -0.2) is 27.0 Å². The van der Waals surface area contributed by atoms with E-state index in [1.807, 2.05) is 24.3 Å². The maximum Gasteiger partial charge on any atom is 0.232 e. The summed E-state index contributed by atoms with van der Waals surface area (Å²) in [4.78, 5) is 15.2. The highest BCUT2D eigenvalue weighted by Crippen LogP contribution is 2.56. The Morgan fingerprint density at radius 3 is 2.17 bits per heavy atom. The number of rotatable bonds is 3. The first-order chi connectivity index (χ1) is 11.7. The Balaban J connectivity index is 1.65. The van der Waals surface area contributed by atoms with E-state index in [0.717, 1.165) is 25.9 Å². The Bertz CT molecular complexity index is 711. The minimum atomic E-state index is -0.197. The van der Waals surface area contributed by atoms with E-state index < -0.39 is 0 Å². The highest BCUT2D eigenvalue weighted by molar-refractivity contribution is 14.1. The van der Waals surface area contributed by atoms with Gasteiger partial charge in [0.1, 0.15) is 0 Å². The van der Waals surface area contributed by atoms with Gasteiger partial charge in [-0.1, -0.05) is 60.7 Å². The number of nitrogens with zero attached hydrogens (tertiary/aromatic N) is 2. The quantitative estimate of drug-likeness (QED) is 0.413. The standard InChI is InChI=1S/C20H21IN2O/c21-22-13-11-20(12-14-22)18(17-9-5-2-6-10-17)23(19(20)24)15-16-7-3-1-4-8-16/h1-10,18H,11-15H2. The molecule has 0 aliphatic carbocycles. The molecular weight excluding hydrogens is 411 g/mol. The summed E-state index contributed by atoms with van der Waals surface area (Å²) < 4.78 is 2.30. The molecule has 1 amide bonds. The second kappa shape index (κ2) is 6.48. The second-order valence-electron chi connectivity index (χ2n) is 6.80. The van der Waals surface area contributed by atoms with Gasteiger partial charge in [0, 0.05) is 42.5 Å². The van der Waals surface area contributed by atoms with Crippen LogP contribution in [0.5, 0.6) is 0 Å². The molecule has 2 fully saturated rings. The average molecular weight is 432 g/mol. The molecule has 4 heteroatoms. The van der Waals surface area contributed by atoms with Crippen molar-refractivity contribution in [3.8, 4) is 0 Å². The smallest absolute Gasteiger partial charge is 0.232 e. The molecule has 2 aromatic rings. The number of β-lactam (4-membered cyclic amide) rings is 1. The molecule has 2 aromatic carbocycles. The number of hydrogen-bond acceptors (Lipinski definition) is 2. The van der Waals surface area contributed by atoms with Crippen LogP contribution in [0.15, 0.2) is 60.7 Å². The van der Waals surface area contributed by atoms with Crippen molar-refractivity contribution >= 4 is 28.8 Å². The molecule has 0 aromatic heterocycles. The molecule has 0 radical (unpaired) electrons. The van der Waals surface area contributed by atoms with Gasteiger partial charge < -0.3 is 4.90 Å². The van der Waals surface area contributed by atoms with Crippen molar-refractivity contribution in [1.82, 2.24) is 8.01 Å². The monoisotopic (exact) mass is 432 g/mol. The van der Waals surface area contributed by atoms with Crippen LogP contribution in [0.4, 0.5) is 0 Å². The minimum absolute atomic E-state index is 0.197. The Hall–Kier alpha value is -1.40. The van der Waals surface area contributed by atoms with E-state index in [-0.39, 0.29) is 11.5 Å². The van der Waals surface area contributed by atoms with Gasteiger partial charge >= 0.3 is 0 Å². The maximum absolute atomic E-state index is 13.1. The number of piperidine rings is 1. The molecule has 124 valence electrons. The van der Waals surface area contributed by atoms with Crippen molar-refractivity contribution in [2.45, 2.75) is 25.4 Å². The van der Waals surface area contributed by atoms with Crippen molar-refractivity contribution in [1.29, 1.82) is 0 Å². The number of carbonyl (C=O) groups is 1. The molecular formula is C20H21IN2O. The van der Waals surface area contributed by atoms with Gasteiger partial charge in [-0.2, -0.15) is 0 Å². The molecule has 2 saturated heterocycles. The van der Waals surface area contributed by atoms with E-state index in [1.54, 1.807) is 0 Å². The summed E-state index contributed by atoms with van der Waals surface area (Å²) in [6.07, 6.45) is 1.92. The van der Waals surface area contributed by atoms with E-state index in [2.05, 4.69) is 67.3 Å². The van der Waals surface area contributed by atoms with Crippen molar-refractivity contribution in [3.63, 3.8) is 0 Å². The third-order valence-corrected chi connectivity index (χ3v) is 6.40. The zero-order valence-electron chi connectivity index (χ0n) is 13.6. The third kappa shape index (κ3) is 2.65. The number of benzene rings is 2. The lowest BCUT2D eigenvalue weighted by molar-refractivity contribution is -0.180. The first kappa shape index (κ1) is 16.1. The number of likely N-dealkylation sites (tertiary alicyclic amines) is 1. The normalized spacial score (nSPS) is 23.3. The third-order valence-electron chi connectivity index (χ3n) is 5.43. The van der Waals surface area contributed by atoms with Crippen molar-refractivity contribution in [2.75, 3.05) is 13.1 Å². The first-order valence-corrected chi connectivity index (χ1v) is 9.48. The predicted octanol–water partition coefficient (Wildman–Crippen LogP) is 4.20. The van der Waals surface area contributed by atoms with Crippen LogP contribution >= 0.6 is 22.9 Å². The Morgan fingerprint density at radius 2 is 1.54 bits per heavy atom. The highest BCUT2D eigenvalue weighted by Gasteiger charge is 2.61. The molecule has 24 heavy (non-hydrogen) atoms. The largest absolute Gasteiger partial charge is 0.330 e. The van der Waals surface area contributed by atoms with Gasteiger partial charge in [-0.25, -0.2) is 3.11 Å². The minimum Gasteiger partial charge on any atom is -0.330 e. The molecule has 0 bridgehead atoms. The number of carbonyl (C=O) groups excluding carboxylic acids is 1. The van der Waals surface area contributed by atoms with Gasteiger partial charge in [0.2, 0.25) is 5.91 Å². The van der Waals surface area contributed by atoms with Crippen LogP contribution in [0.25, 0.3) is 0 Å². The maximum atomic E-state index is 13.1. The lowest BCUT2D eigenvalue weighted by Crippen LogP contribution is -2.65. The van der Waals surface area contributed by atoms with Crippen molar-refractivity contribution in [2.24, 2.45) is 5.41 Å². The molecule has 1 atom stereocenters. The molecule has 2 aliphatic heterocycles. The van der Waals surface area contributed by atoms with Crippen LogP contribution in [0.2, 0.25) is 0 Å². The van der Waals surface area contributed by atoms with E-state index in [0.29, 0.717) is 12.5 Å². The van der Waals surface area contributed by atoms with Gasteiger partial charge in [-0.05, 0) is 24.0 Å². The van der Waals surface area contributed by atoms with Crippen LogP contribution < -0.4 is 0 Å². The molecule has 4 rings (SSSR count). The van der Waals surface area contributed by atoms with Gasteiger partial charge in [-0.3, -0.25) is 4.79 Å². The van der Waals surface area contributed by atoms with E-state index >= 15 is 0 Å². The molecule has 1 unspecified atom stereocenters. The van der Waals surface area contributed by atoms with Gasteiger partial charge in [-0.15, -0.1) is 0 Å². The SMILES string of the molecule is O=C1N(Cc2ccccc2)C(c2ccccc2)C12CCN(I)CC2. The Labute approximate surface area is 157 Å². The summed E-state index contributed by atoms with van der Waals surface area (Å²) in [6.45, 7) is 2.69. The Morgan fingerprint density at radius 1 is 0.958 bits per heavy atom. The summed E-state index contributed by atoms with van der Waals surface area (Å²) in [6, 6.07) is 21.1. The number of amides is 1. The van der Waals surface area contributed by atoms with Gasteiger partial charge in [0.25, 0.3) is 0 Å². The van der Waals surface area contributed by atoms with Gasteiger partial charge in [0.05, 0.1) is 11.5 Å². The van der Waals surface area contributed by atoms with Crippen LogP contribution in [0.1, 0.15) is 30.0 Å². The Kier molecular flexibility index (Phi) is 4.35. The molecule has 1 spiro atoms. The molecule has 2 heterocycles. The van der Waals surface area contributed by atoms with Crippen molar-refractivity contribution < 1.29 is 4.79 Å². The fraction of sp³-hybridized carbons (Fsp3) is 0.350. The van der Waals surface area contributed by atoms with Crippen LogP contribution in [0, 0.1) is 5.41 Å². The fourth-order valence-corrected chi connectivity index (χ4v) is 4.68. The molecule has 0 saturated carbocycles. The fourth-order valence-electron chi connectivity index (χ4n) is 4.20. The number of hydrogen-bond donors (Lipinski definition) is 0. The van der Waals surface area contributed by atoms with Crippen molar-refractivity contribution in [3.05, 3.63) is 71.8 Å². The number of halogens is 1. The molecule has 3 nitrogen and oxygen atoms in total. The van der Waals surface area contributed by atoms with Crippen LogP contribution in [0.3, 0.4) is 0 Å². The molecule has 0 N–H and O–H groups in total. The van der Waals surface area contributed by atoms with E-state index in [4.69, 9.17) is 0 Å². The summed E-state index contributed by atoms with van der Waals surface area (Å²) in [5, 5.41) is 0. The van der Waals surface area contributed by atoms with Crippen LogP contribution in [-0.2, 0) is 11.3 Å². The predicted molar refractivity (Wildman–Crippen MR) is 103 cm³/mol. The summed E-state index contributed by atoms with van der Waals surface area (Å²) in [7, 11) is 0. The first-order valence-electron chi connectivity index (χ1n) is 8.51. The average Bonchev–Trinajstić information content (AvgIpc) is 2.64. The summed E-state index contributed by atoms with van der Waals surface area (Å²) in [5.74, 6) is 0.338. The lowest BCUT2D eigenvalue weighted by atomic mass is 9.62. The summed E-state index contributed by atoms with van der Waals surface area (Å²) in [5.41, 5.74) is 2.28. The zero-order chi connectivity index (χ0) is 16.6. The molecule has 2 aliphatic rings. The highest BCUT2D eigenvalue weighted by atomic mass is 127. The van der Waals surface area contributed by atoms with E-state index in [9.17, 15) is 4.79 Å². The lowest BCUT2D eigenvalue weighted by Gasteiger charge is -2.58. The summed E-state index contributed by atoms with van der Waals surface area (Å²) >= 11 is 2.38. The zero-order valence-corrected chi connectivity index (χ0v) is 15.7. The second-order valence-corrected chi connectivity index (χ2v) is 8.16. The van der Waals surface area contributed by atoms with E-state index in [1.165, 1.54) is 11.1 Å². The van der Waals surface area contributed by atoms with Gasteiger partial charge in [0.15, 0.2) is 0 Å². The topological polar surface area (TPSA) is 23.6 Å².